The number of hydrogen-bond donors (Lipinski definition) is 1. The van der Waals surface area contributed by atoms with Crippen molar-refractivity contribution in [3.63, 3.8) is 0 Å². The molecule has 1 aromatic carbocycles. The summed E-state index contributed by atoms with van der Waals surface area (Å²) in [5.74, 6) is 5.63. The second-order valence-corrected chi connectivity index (χ2v) is 7.16. The molecule has 1 aliphatic rings. The molecule has 1 N–H and O–H groups in total. The van der Waals surface area contributed by atoms with Crippen molar-refractivity contribution < 1.29 is 19.4 Å². The van der Waals surface area contributed by atoms with E-state index in [1.54, 1.807) is 39.0 Å². The fourth-order valence-corrected chi connectivity index (χ4v) is 2.21. The number of hydrogen-bond acceptors (Lipinski definition) is 4. The molecular weight excluding hydrogens is 328 g/mol. The zero-order valence-electron chi connectivity index (χ0n) is 15.5. The van der Waals surface area contributed by atoms with Crippen molar-refractivity contribution in [2.45, 2.75) is 45.5 Å². The Labute approximate surface area is 155 Å². The Morgan fingerprint density at radius 1 is 1.38 bits per heavy atom. The predicted molar refractivity (Wildman–Crippen MR) is 102 cm³/mol. The number of carbonyl (C=O) groups is 1. The fourth-order valence-electron chi connectivity index (χ4n) is 2.21. The maximum atomic E-state index is 12.2. The van der Waals surface area contributed by atoms with Gasteiger partial charge in [-0.3, -0.25) is 4.79 Å². The van der Waals surface area contributed by atoms with Crippen LogP contribution in [0.25, 0.3) is 6.08 Å². The summed E-state index contributed by atoms with van der Waals surface area (Å²) in [6.07, 6.45) is 5.84. The van der Waals surface area contributed by atoms with Gasteiger partial charge in [0.15, 0.2) is 6.10 Å². The molecule has 1 heterocycles. The Hall–Kier alpha value is -2.35. The van der Waals surface area contributed by atoms with Crippen LogP contribution < -0.4 is 0 Å². The van der Waals surface area contributed by atoms with Gasteiger partial charge in [-0.1, -0.05) is 60.4 Å². The van der Waals surface area contributed by atoms with Gasteiger partial charge < -0.3 is 14.6 Å². The molecule has 1 aromatic rings. The second kappa shape index (κ2) is 9.38. The van der Waals surface area contributed by atoms with E-state index in [2.05, 4.69) is 11.8 Å². The van der Waals surface area contributed by atoms with Crippen LogP contribution in [0.3, 0.4) is 0 Å². The first kappa shape index (κ1) is 20.0. The Kier molecular flexibility index (Phi) is 7.20. The molecule has 0 spiro atoms. The largest absolute Gasteiger partial charge is 0.444 e. The summed E-state index contributed by atoms with van der Waals surface area (Å²) in [6, 6.07) is 9.75. The number of aliphatic hydroxyl groups is 1. The number of ether oxygens (including phenoxy) is 2. The summed E-state index contributed by atoms with van der Waals surface area (Å²) in [4.78, 5) is 12.2. The van der Waals surface area contributed by atoms with Crippen LogP contribution in [0.15, 0.2) is 48.6 Å². The van der Waals surface area contributed by atoms with Gasteiger partial charge in [0.1, 0.15) is 0 Å². The summed E-state index contributed by atoms with van der Waals surface area (Å²) >= 11 is 0. The van der Waals surface area contributed by atoms with E-state index in [1.165, 1.54) is 0 Å². The lowest BCUT2D eigenvalue weighted by Crippen LogP contribution is -2.30. The Morgan fingerprint density at radius 3 is 2.77 bits per heavy atom. The number of esters is 1. The Morgan fingerprint density at radius 2 is 2.12 bits per heavy atom. The molecule has 0 radical (unpaired) electrons. The molecule has 4 heteroatoms. The van der Waals surface area contributed by atoms with Crippen LogP contribution in [0.2, 0.25) is 0 Å². The summed E-state index contributed by atoms with van der Waals surface area (Å²) < 4.78 is 11.0. The van der Waals surface area contributed by atoms with E-state index < -0.39 is 17.6 Å². The van der Waals surface area contributed by atoms with E-state index in [0.29, 0.717) is 13.0 Å². The molecule has 2 rings (SSSR count). The third-order valence-corrected chi connectivity index (χ3v) is 3.78. The van der Waals surface area contributed by atoms with Gasteiger partial charge >= 0.3 is 5.97 Å². The quantitative estimate of drug-likeness (QED) is 0.512. The van der Waals surface area contributed by atoms with Crippen LogP contribution in [0.4, 0.5) is 0 Å². The fraction of sp³-hybridized carbons (Fsp3) is 0.409. The van der Waals surface area contributed by atoms with Crippen molar-refractivity contribution in [2.75, 3.05) is 6.61 Å². The highest BCUT2D eigenvalue weighted by Gasteiger charge is 2.25. The van der Waals surface area contributed by atoms with E-state index >= 15 is 0 Å². The normalized spacial score (nSPS) is 21.1. The number of carbonyl (C=O) groups excluding carboxylic acids is 1. The zero-order chi connectivity index (χ0) is 19.0. The molecule has 0 bridgehead atoms. The van der Waals surface area contributed by atoms with Crippen molar-refractivity contribution >= 4 is 12.0 Å². The van der Waals surface area contributed by atoms with Gasteiger partial charge in [0, 0.05) is 6.42 Å². The van der Waals surface area contributed by atoms with Gasteiger partial charge in [0.25, 0.3) is 0 Å². The lowest BCUT2D eigenvalue weighted by molar-refractivity contribution is -0.154. The van der Waals surface area contributed by atoms with Crippen LogP contribution in [0, 0.1) is 17.3 Å². The topological polar surface area (TPSA) is 55.8 Å². The Balaban J connectivity index is 2.07. The summed E-state index contributed by atoms with van der Waals surface area (Å²) in [7, 11) is 0. The first-order valence-corrected chi connectivity index (χ1v) is 8.75. The number of benzene rings is 1. The van der Waals surface area contributed by atoms with Crippen molar-refractivity contribution in [2.24, 2.45) is 5.41 Å². The third-order valence-electron chi connectivity index (χ3n) is 3.78. The smallest absolute Gasteiger partial charge is 0.312 e. The lowest BCUT2D eigenvalue weighted by Gasteiger charge is -2.22. The SMILES string of the molecule is CC(C)(C)C(=O)OC(C#CC[C@H]1OCC=C[C@@H]1O)/C=C/c1ccccc1. The highest BCUT2D eigenvalue weighted by atomic mass is 16.5. The molecular formula is C22H26O4. The average Bonchev–Trinajstić information content (AvgIpc) is 2.61. The first-order chi connectivity index (χ1) is 12.4. The summed E-state index contributed by atoms with van der Waals surface area (Å²) in [6.45, 7) is 5.89. The molecule has 26 heavy (non-hydrogen) atoms. The Bertz CT molecular complexity index is 701. The molecule has 0 aromatic heterocycles. The molecule has 0 saturated heterocycles. The molecule has 1 unspecified atom stereocenters. The average molecular weight is 354 g/mol. The van der Waals surface area contributed by atoms with Gasteiger partial charge in [-0.25, -0.2) is 0 Å². The minimum absolute atomic E-state index is 0.314. The molecule has 0 aliphatic carbocycles. The van der Waals surface area contributed by atoms with Gasteiger partial charge in [-0.2, -0.15) is 0 Å². The molecule has 1 aliphatic heterocycles. The maximum Gasteiger partial charge on any atom is 0.312 e. The van der Waals surface area contributed by atoms with Crippen molar-refractivity contribution in [1.82, 2.24) is 0 Å². The van der Waals surface area contributed by atoms with Gasteiger partial charge in [0.2, 0.25) is 0 Å². The number of rotatable bonds is 4. The van der Waals surface area contributed by atoms with E-state index in [4.69, 9.17) is 9.47 Å². The predicted octanol–water partition coefficient (Wildman–Crippen LogP) is 3.37. The number of aliphatic hydroxyl groups excluding tert-OH is 1. The maximum absolute atomic E-state index is 12.2. The highest BCUT2D eigenvalue weighted by molar-refractivity contribution is 5.76. The van der Waals surface area contributed by atoms with Gasteiger partial charge in [-0.15, -0.1) is 0 Å². The molecule has 0 amide bonds. The van der Waals surface area contributed by atoms with Crippen LogP contribution in [-0.4, -0.2) is 36.0 Å². The molecule has 3 atom stereocenters. The van der Waals surface area contributed by atoms with Gasteiger partial charge in [-0.05, 0) is 32.4 Å². The monoisotopic (exact) mass is 354 g/mol. The van der Waals surface area contributed by atoms with E-state index in [-0.39, 0.29) is 12.1 Å². The zero-order valence-corrected chi connectivity index (χ0v) is 15.5. The van der Waals surface area contributed by atoms with Crippen LogP contribution in [0.5, 0.6) is 0 Å². The molecule has 138 valence electrons. The minimum Gasteiger partial charge on any atom is -0.444 e. The van der Waals surface area contributed by atoms with E-state index in [0.717, 1.165) is 5.56 Å². The first-order valence-electron chi connectivity index (χ1n) is 8.75. The van der Waals surface area contributed by atoms with Gasteiger partial charge in [0.05, 0.1) is 24.2 Å². The highest BCUT2D eigenvalue weighted by Crippen LogP contribution is 2.17. The van der Waals surface area contributed by atoms with Crippen molar-refractivity contribution in [1.29, 1.82) is 0 Å². The third kappa shape index (κ3) is 6.51. The molecule has 0 fully saturated rings. The lowest BCUT2D eigenvalue weighted by atomic mass is 9.97. The van der Waals surface area contributed by atoms with Crippen LogP contribution in [0.1, 0.15) is 32.8 Å². The van der Waals surface area contributed by atoms with Crippen LogP contribution >= 0.6 is 0 Å². The van der Waals surface area contributed by atoms with E-state index in [1.807, 2.05) is 36.4 Å². The molecule has 0 saturated carbocycles. The van der Waals surface area contributed by atoms with E-state index in [9.17, 15) is 9.90 Å². The van der Waals surface area contributed by atoms with Crippen LogP contribution in [-0.2, 0) is 14.3 Å². The van der Waals surface area contributed by atoms with Crippen molar-refractivity contribution in [3.05, 3.63) is 54.1 Å². The molecule has 4 nitrogen and oxygen atoms in total. The second-order valence-electron chi connectivity index (χ2n) is 7.16. The standard InChI is InChI=1S/C22H26O4/c1-22(2,3)21(24)26-18(15-14-17-9-5-4-6-10-17)11-7-13-20-19(23)12-8-16-25-20/h4-6,8-10,12,14-15,18-20,23H,13,16H2,1-3H3/b15-14+/t18?,19-,20+/m0/s1. The summed E-state index contributed by atoms with van der Waals surface area (Å²) in [5.41, 5.74) is 0.399. The van der Waals surface area contributed by atoms with Crippen molar-refractivity contribution in [3.8, 4) is 11.8 Å². The minimum atomic E-state index is -0.659. The summed E-state index contributed by atoms with van der Waals surface area (Å²) in [5, 5.41) is 9.86.